The molecule has 1 atom stereocenters. The Morgan fingerprint density at radius 2 is 1.51 bits per heavy atom. The van der Waals surface area contributed by atoms with E-state index in [1.807, 2.05) is 37.3 Å². The van der Waals surface area contributed by atoms with E-state index < -0.39 is 11.7 Å². The van der Waals surface area contributed by atoms with Crippen molar-refractivity contribution in [1.82, 2.24) is 16.0 Å². The van der Waals surface area contributed by atoms with Crippen molar-refractivity contribution in [3.8, 4) is 0 Å². The Kier molecular flexibility index (Phi) is 9.03. The van der Waals surface area contributed by atoms with Crippen molar-refractivity contribution < 1.29 is 22.8 Å². The molecule has 0 aliphatic carbocycles. The van der Waals surface area contributed by atoms with E-state index in [2.05, 4.69) is 16.0 Å². The van der Waals surface area contributed by atoms with Crippen molar-refractivity contribution >= 4 is 11.8 Å². The molecule has 0 unspecified atom stereocenters. The van der Waals surface area contributed by atoms with Crippen LogP contribution in [0.1, 0.15) is 56.8 Å². The topological polar surface area (TPSA) is 70.2 Å². The van der Waals surface area contributed by atoms with Crippen molar-refractivity contribution in [2.75, 3.05) is 13.1 Å². The third-order valence-corrected chi connectivity index (χ3v) is 5.43. The second kappa shape index (κ2) is 12.2. The molecule has 3 N–H and O–H groups in total. The van der Waals surface area contributed by atoms with Gasteiger partial charge in [-0.1, -0.05) is 54.6 Å². The van der Waals surface area contributed by atoms with Gasteiger partial charge in [0.25, 0.3) is 11.8 Å². The summed E-state index contributed by atoms with van der Waals surface area (Å²) in [6.45, 7) is 3.10. The highest BCUT2D eigenvalue weighted by atomic mass is 19.4. The van der Waals surface area contributed by atoms with E-state index in [9.17, 15) is 22.8 Å². The van der Waals surface area contributed by atoms with Crippen molar-refractivity contribution in [2.24, 2.45) is 0 Å². The minimum absolute atomic E-state index is 0.176. The first-order valence-electron chi connectivity index (χ1n) is 11.3. The molecule has 3 aromatic carbocycles. The molecule has 184 valence electrons. The lowest BCUT2D eigenvalue weighted by molar-refractivity contribution is -0.137. The van der Waals surface area contributed by atoms with Crippen LogP contribution in [0.4, 0.5) is 13.2 Å². The maximum atomic E-state index is 12.8. The molecule has 0 saturated heterocycles. The molecule has 0 radical (unpaired) electrons. The highest BCUT2D eigenvalue weighted by Crippen LogP contribution is 2.29. The van der Waals surface area contributed by atoms with E-state index in [-0.39, 0.29) is 17.9 Å². The summed E-state index contributed by atoms with van der Waals surface area (Å²) in [5.41, 5.74) is 1.62. The first-order chi connectivity index (χ1) is 16.7. The van der Waals surface area contributed by atoms with Gasteiger partial charge in [-0.05, 0) is 55.3 Å². The minimum atomic E-state index is -4.36. The molecule has 2 amide bonds. The Morgan fingerprint density at radius 3 is 2.23 bits per heavy atom. The molecule has 0 saturated carbocycles. The van der Waals surface area contributed by atoms with Crippen LogP contribution in [0.2, 0.25) is 0 Å². The van der Waals surface area contributed by atoms with Crippen LogP contribution < -0.4 is 16.0 Å². The number of carbonyl (C=O) groups excluding carboxylic acids is 2. The van der Waals surface area contributed by atoms with Crippen LogP contribution >= 0.6 is 0 Å². The maximum absolute atomic E-state index is 12.8. The van der Waals surface area contributed by atoms with Gasteiger partial charge in [-0.15, -0.1) is 0 Å². The lowest BCUT2D eigenvalue weighted by Crippen LogP contribution is -2.29. The Bertz CT molecular complexity index is 1130. The molecule has 0 aliphatic rings. The molecule has 8 heteroatoms. The van der Waals surface area contributed by atoms with Crippen LogP contribution in [-0.4, -0.2) is 24.9 Å². The zero-order valence-electron chi connectivity index (χ0n) is 19.4. The summed E-state index contributed by atoms with van der Waals surface area (Å²) in [6, 6.07) is 21.1. The van der Waals surface area contributed by atoms with Crippen LogP contribution in [0.3, 0.4) is 0 Å². The van der Waals surface area contributed by atoms with Crippen LogP contribution in [0, 0.1) is 0 Å². The summed E-state index contributed by atoms with van der Waals surface area (Å²) in [4.78, 5) is 25.1. The average molecular weight is 484 g/mol. The third-order valence-electron chi connectivity index (χ3n) is 5.43. The predicted octanol–water partition coefficient (Wildman–Crippen LogP) is 5.11. The minimum Gasteiger partial charge on any atom is -0.352 e. The molecule has 3 aromatic rings. The molecule has 0 bridgehead atoms. The van der Waals surface area contributed by atoms with Gasteiger partial charge in [0.1, 0.15) is 0 Å². The Labute approximate surface area is 202 Å². The predicted molar refractivity (Wildman–Crippen MR) is 129 cm³/mol. The van der Waals surface area contributed by atoms with Gasteiger partial charge in [0.05, 0.1) is 11.6 Å². The van der Waals surface area contributed by atoms with Crippen LogP contribution in [0.15, 0.2) is 78.9 Å². The average Bonchev–Trinajstić information content (AvgIpc) is 2.86. The second-order valence-electron chi connectivity index (χ2n) is 8.17. The molecule has 0 fully saturated rings. The fourth-order valence-electron chi connectivity index (χ4n) is 3.51. The van der Waals surface area contributed by atoms with E-state index in [4.69, 9.17) is 0 Å². The summed E-state index contributed by atoms with van der Waals surface area (Å²) >= 11 is 0. The van der Waals surface area contributed by atoms with E-state index in [1.165, 1.54) is 6.07 Å². The van der Waals surface area contributed by atoms with Gasteiger partial charge in [-0.3, -0.25) is 9.59 Å². The van der Waals surface area contributed by atoms with E-state index in [0.717, 1.165) is 17.7 Å². The van der Waals surface area contributed by atoms with Gasteiger partial charge in [0.2, 0.25) is 0 Å². The lowest BCUT2D eigenvalue weighted by Gasteiger charge is -2.14. The summed E-state index contributed by atoms with van der Waals surface area (Å²) in [5, 5.41) is 8.81. The molecular formula is C27H28F3N3O2. The smallest absolute Gasteiger partial charge is 0.352 e. The number of carbonyl (C=O) groups is 2. The number of hydrogen-bond donors (Lipinski definition) is 3. The Hall–Kier alpha value is -3.65. The largest absolute Gasteiger partial charge is 0.416 e. The molecule has 0 spiro atoms. The van der Waals surface area contributed by atoms with Crippen LogP contribution in [0.25, 0.3) is 0 Å². The number of rotatable bonds is 10. The Morgan fingerprint density at radius 1 is 0.829 bits per heavy atom. The molecule has 0 aromatic heterocycles. The lowest BCUT2D eigenvalue weighted by atomic mass is 10.1. The van der Waals surface area contributed by atoms with Gasteiger partial charge >= 0.3 is 6.18 Å². The highest BCUT2D eigenvalue weighted by molar-refractivity contribution is 5.99. The summed E-state index contributed by atoms with van der Waals surface area (Å²) in [6.07, 6.45) is -3.77. The third kappa shape index (κ3) is 7.96. The van der Waals surface area contributed by atoms with E-state index in [0.29, 0.717) is 42.7 Å². The maximum Gasteiger partial charge on any atom is 0.416 e. The fourth-order valence-corrected chi connectivity index (χ4v) is 3.51. The number of nitrogens with one attached hydrogen (secondary N) is 3. The molecule has 0 heterocycles. The van der Waals surface area contributed by atoms with E-state index in [1.54, 1.807) is 30.3 Å². The van der Waals surface area contributed by atoms with Gasteiger partial charge in [-0.25, -0.2) is 0 Å². The highest BCUT2D eigenvalue weighted by Gasteiger charge is 2.30. The number of halogens is 3. The quantitative estimate of drug-likeness (QED) is 0.351. The second-order valence-corrected chi connectivity index (χ2v) is 8.17. The monoisotopic (exact) mass is 483 g/mol. The summed E-state index contributed by atoms with van der Waals surface area (Å²) < 4.78 is 38.4. The van der Waals surface area contributed by atoms with Gasteiger partial charge in [0, 0.05) is 24.2 Å². The first-order valence-corrected chi connectivity index (χ1v) is 11.3. The number of amides is 2. The SMILES string of the molecule is C[C@@H](NC(=O)c1cccc(C(=O)NCCCNCc2cccc(C(F)(F)F)c2)c1)c1ccccc1. The van der Waals surface area contributed by atoms with Crippen LogP contribution in [-0.2, 0) is 12.7 Å². The summed E-state index contributed by atoms with van der Waals surface area (Å²) in [5.74, 6) is -0.566. The standard InChI is InChI=1S/C27H28F3N3O2/c1-19(21-9-3-2-4-10-21)33-26(35)23-12-6-11-22(17-23)25(34)32-15-7-14-31-18-20-8-5-13-24(16-20)27(28,29)30/h2-6,8-13,16-17,19,31H,7,14-15,18H2,1H3,(H,32,34)(H,33,35)/t19-/m1/s1. The Balaban J connectivity index is 1.42. The molecule has 3 rings (SSSR count). The van der Waals surface area contributed by atoms with Crippen molar-refractivity contribution in [3.05, 3.63) is 107 Å². The number of hydrogen-bond acceptors (Lipinski definition) is 3. The van der Waals surface area contributed by atoms with Crippen molar-refractivity contribution in [2.45, 2.75) is 32.1 Å². The fraction of sp³-hybridized carbons (Fsp3) is 0.259. The van der Waals surface area contributed by atoms with Crippen LogP contribution in [0.5, 0.6) is 0 Å². The van der Waals surface area contributed by atoms with Gasteiger partial charge < -0.3 is 16.0 Å². The molecule has 35 heavy (non-hydrogen) atoms. The van der Waals surface area contributed by atoms with Gasteiger partial charge in [-0.2, -0.15) is 13.2 Å². The zero-order valence-corrected chi connectivity index (χ0v) is 19.4. The number of benzene rings is 3. The van der Waals surface area contributed by atoms with Crippen molar-refractivity contribution in [1.29, 1.82) is 0 Å². The molecule has 0 aliphatic heterocycles. The molecule has 5 nitrogen and oxygen atoms in total. The first kappa shape index (κ1) is 26.0. The van der Waals surface area contributed by atoms with Gasteiger partial charge in [0.15, 0.2) is 0 Å². The zero-order chi connectivity index (χ0) is 25.3. The summed E-state index contributed by atoms with van der Waals surface area (Å²) in [7, 11) is 0. The number of alkyl halides is 3. The van der Waals surface area contributed by atoms with Crippen molar-refractivity contribution in [3.63, 3.8) is 0 Å². The van der Waals surface area contributed by atoms with E-state index >= 15 is 0 Å². The normalized spacial score (nSPS) is 12.1. The molecular weight excluding hydrogens is 455 g/mol.